The van der Waals surface area contributed by atoms with Gasteiger partial charge in [-0.05, 0) is 42.0 Å². The highest BCUT2D eigenvalue weighted by atomic mass is 35.5. The molecular formula is C24H16ClN3O7. The van der Waals surface area contributed by atoms with E-state index in [1.54, 1.807) is 48.5 Å². The first-order valence-electron chi connectivity index (χ1n) is 10.3. The standard InChI is InChI=1S/C24H16ClN3O7/c25-16-9-15(10-18-23(29)26-27(24(18)30)17-4-2-1-3-5-17)22(19(11-16)28(31)32)33-12-14-6-7-20-21(8-14)35-13-34-20/h1-11H,12-13H2,(H,26,29)/b18-10-. The number of nitro benzene ring substituents is 1. The molecule has 1 fully saturated rings. The molecule has 0 atom stereocenters. The minimum Gasteiger partial charge on any atom is -0.482 e. The fraction of sp³-hybridized carbons (Fsp3) is 0.0833. The maximum absolute atomic E-state index is 13.0. The van der Waals surface area contributed by atoms with Crippen molar-refractivity contribution in [3.8, 4) is 17.2 Å². The summed E-state index contributed by atoms with van der Waals surface area (Å²) in [5, 5.41) is 12.9. The number of halogens is 1. The quantitative estimate of drug-likeness (QED) is 0.238. The Morgan fingerprint density at radius 1 is 1.09 bits per heavy atom. The Kier molecular flexibility index (Phi) is 5.71. The van der Waals surface area contributed by atoms with Crippen LogP contribution in [-0.4, -0.2) is 23.5 Å². The zero-order chi connectivity index (χ0) is 24.5. The van der Waals surface area contributed by atoms with Crippen molar-refractivity contribution < 1.29 is 28.7 Å². The smallest absolute Gasteiger partial charge is 0.313 e. The molecule has 5 rings (SSSR count). The van der Waals surface area contributed by atoms with E-state index in [0.717, 1.165) is 11.1 Å². The van der Waals surface area contributed by atoms with Crippen molar-refractivity contribution in [1.82, 2.24) is 5.43 Å². The summed E-state index contributed by atoms with van der Waals surface area (Å²) in [5.74, 6) is -0.296. The molecule has 2 aliphatic rings. The normalized spacial score (nSPS) is 15.5. The second kappa shape index (κ2) is 8.99. The van der Waals surface area contributed by atoms with E-state index < -0.39 is 22.4 Å². The van der Waals surface area contributed by atoms with Gasteiger partial charge in [0, 0.05) is 16.7 Å². The minimum atomic E-state index is -0.664. The van der Waals surface area contributed by atoms with Crippen LogP contribution in [-0.2, 0) is 16.2 Å². The lowest BCUT2D eigenvalue weighted by molar-refractivity contribution is -0.385. The average Bonchev–Trinajstić information content (AvgIpc) is 3.43. The van der Waals surface area contributed by atoms with Crippen LogP contribution < -0.4 is 24.6 Å². The van der Waals surface area contributed by atoms with Crippen LogP contribution in [0.5, 0.6) is 17.2 Å². The van der Waals surface area contributed by atoms with Crippen LogP contribution >= 0.6 is 11.6 Å². The molecule has 35 heavy (non-hydrogen) atoms. The van der Waals surface area contributed by atoms with E-state index in [4.69, 9.17) is 25.8 Å². The lowest BCUT2D eigenvalue weighted by atomic mass is 10.1. The molecule has 0 aliphatic carbocycles. The highest BCUT2D eigenvalue weighted by molar-refractivity contribution is 6.32. The van der Waals surface area contributed by atoms with Crippen molar-refractivity contribution in [2.45, 2.75) is 6.61 Å². The lowest BCUT2D eigenvalue weighted by Gasteiger charge is -2.14. The van der Waals surface area contributed by atoms with Crippen LogP contribution in [0.2, 0.25) is 5.02 Å². The molecule has 1 N–H and O–H groups in total. The van der Waals surface area contributed by atoms with E-state index in [1.165, 1.54) is 12.1 Å². The summed E-state index contributed by atoms with van der Waals surface area (Å²) in [7, 11) is 0. The predicted molar refractivity (Wildman–Crippen MR) is 125 cm³/mol. The fourth-order valence-electron chi connectivity index (χ4n) is 3.66. The van der Waals surface area contributed by atoms with Crippen molar-refractivity contribution in [2.75, 3.05) is 11.8 Å². The molecule has 3 aromatic carbocycles. The van der Waals surface area contributed by atoms with Crippen molar-refractivity contribution >= 4 is 40.9 Å². The van der Waals surface area contributed by atoms with Gasteiger partial charge in [-0.3, -0.25) is 25.1 Å². The third-order valence-corrected chi connectivity index (χ3v) is 5.50. The minimum absolute atomic E-state index is 0.0461. The topological polar surface area (TPSA) is 120 Å². The van der Waals surface area contributed by atoms with Gasteiger partial charge in [-0.15, -0.1) is 0 Å². The molecule has 3 aromatic rings. The van der Waals surface area contributed by atoms with E-state index in [9.17, 15) is 19.7 Å². The number of nitrogens with one attached hydrogen (secondary N) is 1. The maximum atomic E-state index is 13.0. The monoisotopic (exact) mass is 493 g/mol. The highest BCUT2D eigenvalue weighted by Gasteiger charge is 2.35. The summed E-state index contributed by atoms with van der Waals surface area (Å²) >= 11 is 6.11. The van der Waals surface area contributed by atoms with Crippen LogP contribution in [0.1, 0.15) is 11.1 Å². The number of nitrogens with zero attached hydrogens (tertiary/aromatic N) is 2. The number of amides is 2. The van der Waals surface area contributed by atoms with Gasteiger partial charge in [-0.2, -0.15) is 0 Å². The van der Waals surface area contributed by atoms with E-state index in [1.807, 2.05) is 0 Å². The highest BCUT2D eigenvalue weighted by Crippen LogP contribution is 2.38. The van der Waals surface area contributed by atoms with Crippen LogP contribution in [0.15, 0.2) is 66.2 Å². The number of carbonyl (C=O) groups is 2. The second-order valence-electron chi connectivity index (χ2n) is 7.55. The number of para-hydroxylation sites is 1. The molecule has 0 saturated carbocycles. The van der Waals surface area contributed by atoms with Gasteiger partial charge in [-0.1, -0.05) is 35.9 Å². The number of ether oxygens (including phenoxy) is 3. The number of rotatable bonds is 6. The third kappa shape index (κ3) is 4.34. The van der Waals surface area contributed by atoms with Crippen molar-refractivity contribution in [3.63, 3.8) is 0 Å². The zero-order valence-electron chi connectivity index (χ0n) is 17.9. The predicted octanol–water partition coefficient (Wildman–Crippen LogP) is 4.02. The first kappa shape index (κ1) is 22.2. The number of nitro groups is 1. The van der Waals surface area contributed by atoms with Gasteiger partial charge in [0.15, 0.2) is 11.5 Å². The molecule has 0 spiro atoms. The van der Waals surface area contributed by atoms with Crippen LogP contribution in [0.4, 0.5) is 11.4 Å². The molecule has 11 heteroatoms. The Bertz CT molecular complexity index is 1390. The van der Waals surface area contributed by atoms with E-state index in [2.05, 4.69) is 5.43 Å². The third-order valence-electron chi connectivity index (χ3n) is 5.29. The summed E-state index contributed by atoms with van der Waals surface area (Å²) in [6, 6.07) is 16.2. The number of fused-ring (bicyclic) bond motifs is 1. The summed E-state index contributed by atoms with van der Waals surface area (Å²) in [6.07, 6.45) is 1.23. The van der Waals surface area contributed by atoms with Crippen LogP contribution in [0.3, 0.4) is 0 Å². The zero-order valence-corrected chi connectivity index (χ0v) is 18.7. The molecule has 1 saturated heterocycles. The van der Waals surface area contributed by atoms with E-state index >= 15 is 0 Å². The average molecular weight is 494 g/mol. The molecule has 0 unspecified atom stereocenters. The van der Waals surface area contributed by atoms with E-state index in [-0.39, 0.29) is 35.3 Å². The molecule has 10 nitrogen and oxygen atoms in total. The molecule has 0 aromatic heterocycles. The number of hydrogen-bond donors (Lipinski definition) is 1. The lowest BCUT2D eigenvalue weighted by Crippen LogP contribution is -2.35. The second-order valence-corrected chi connectivity index (χ2v) is 7.99. The molecular weight excluding hydrogens is 478 g/mol. The number of hydrogen-bond acceptors (Lipinski definition) is 7. The summed E-state index contributed by atoms with van der Waals surface area (Å²) in [6.45, 7) is 0.0572. The summed E-state index contributed by atoms with van der Waals surface area (Å²) < 4.78 is 16.5. The fourth-order valence-corrected chi connectivity index (χ4v) is 3.88. The first-order valence-corrected chi connectivity index (χ1v) is 10.7. The van der Waals surface area contributed by atoms with Gasteiger partial charge in [0.1, 0.15) is 12.2 Å². The number of benzene rings is 3. The Labute approximate surface area is 203 Å². The van der Waals surface area contributed by atoms with Gasteiger partial charge in [-0.25, -0.2) is 5.01 Å². The number of hydrazine groups is 1. The molecule has 2 amide bonds. The van der Waals surface area contributed by atoms with Gasteiger partial charge in [0.05, 0.1) is 10.6 Å². The molecule has 0 bridgehead atoms. The number of carbonyl (C=O) groups excluding carboxylic acids is 2. The maximum Gasteiger partial charge on any atom is 0.313 e. The van der Waals surface area contributed by atoms with Crippen molar-refractivity contribution in [3.05, 3.63) is 92.5 Å². The number of anilines is 1. The molecule has 2 heterocycles. The van der Waals surface area contributed by atoms with Gasteiger partial charge >= 0.3 is 5.69 Å². The van der Waals surface area contributed by atoms with Gasteiger partial charge in [0.25, 0.3) is 11.8 Å². The Balaban J connectivity index is 1.50. The molecule has 176 valence electrons. The molecule has 2 aliphatic heterocycles. The summed E-state index contributed by atoms with van der Waals surface area (Å²) in [5.41, 5.74) is 3.10. The largest absolute Gasteiger partial charge is 0.482 e. The van der Waals surface area contributed by atoms with Gasteiger partial charge in [0.2, 0.25) is 12.5 Å². The van der Waals surface area contributed by atoms with Crippen molar-refractivity contribution in [1.29, 1.82) is 0 Å². The van der Waals surface area contributed by atoms with Crippen LogP contribution in [0, 0.1) is 10.1 Å². The van der Waals surface area contributed by atoms with Gasteiger partial charge < -0.3 is 14.2 Å². The van der Waals surface area contributed by atoms with Crippen LogP contribution in [0.25, 0.3) is 6.08 Å². The Hall–Kier alpha value is -4.57. The van der Waals surface area contributed by atoms with Crippen molar-refractivity contribution in [2.24, 2.45) is 0 Å². The SMILES string of the molecule is O=C1NN(c2ccccc2)C(=O)/C1=C\c1cc(Cl)cc([N+](=O)[O-])c1OCc1ccc2c(c1)OCO2. The Morgan fingerprint density at radius 2 is 1.86 bits per heavy atom. The Morgan fingerprint density at radius 3 is 2.63 bits per heavy atom. The molecule has 0 radical (unpaired) electrons. The van der Waals surface area contributed by atoms with E-state index in [0.29, 0.717) is 22.7 Å². The first-order chi connectivity index (χ1) is 16.9. The summed E-state index contributed by atoms with van der Waals surface area (Å²) in [4.78, 5) is 36.7.